The zero-order chi connectivity index (χ0) is 20.9. The van der Waals surface area contributed by atoms with E-state index in [0.29, 0.717) is 0 Å². The average Bonchev–Trinajstić information content (AvgIpc) is 3.06. The second-order valence-electron chi connectivity index (χ2n) is 5.74. The van der Waals surface area contributed by atoms with E-state index in [1.807, 2.05) is 0 Å². The van der Waals surface area contributed by atoms with E-state index in [0.717, 1.165) is 12.7 Å². The molecular formula is C10H16N5O11P2+. The van der Waals surface area contributed by atoms with Crippen molar-refractivity contribution >= 4 is 39.3 Å². The molecule has 3 rings (SSSR count). The van der Waals surface area contributed by atoms with Gasteiger partial charge in [-0.15, -0.1) is 0 Å². The van der Waals surface area contributed by atoms with Gasteiger partial charge >= 0.3 is 21.5 Å². The van der Waals surface area contributed by atoms with Crippen molar-refractivity contribution in [2.24, 2.45) is 4.99 Å². The van der Waals surface area contributed by atoms with Crippen molar-refractivity contribution in [3.63, 3.8) is 0 Å². The number of anilines is 1. The Morgan fingerprint density at radius 2 is 1.89 bits per heavy atom. The first-order valence-electron chi connectivity index (χ1n) is 7.38. The van der Waals surface area contributed by atoms with E-state index in [4.69, 9.17) is 24.9 Å². The van der Waals surface area contributed by atoms with Crippen molar-refractivity contribution < 1.29 is 52.8 Å². The number of nitrogens with two attached hydrogens (primary N) is 1. The number of rotatable bonds is 6. The maximum Gasteiger partial charge on any atom is 0.528 e. The van der Waals surface area contributed by atoms with Gasteiger partial charge in [-0.05, 0) is 4.65 Å². The van der Waals surface area contributed by atoms with Gasteiger partial charge in [0.2, 0.25) is 6.34 Å². The van der Waals surface area contributed by atoms with E-state index in [1.165, 1.54) is 0 Å². The van der Waals surface area contributed by atoms with E-state index < -0.39 is 51.4 Å². The van der Waals surface area contributed by atoms with Gasteiger partial charge in [0.25, 0.3) is 6.23 Å². The number of quaternary nitrogens is 1. The first-order chi connectivity index (χ1) is 12.9. The van der Waals surface area contributed by atoms with Gasteiger partial charge in [0.15, 0.2) is 17.6 Å². The highest BCUT2D eigenvalue weighted by Gasteiger charge is 2.63. The number of fused-ring (bicyclic) bond motifs is 1. The Morgan fingerprint density at radius 3 is 2.46 bits per heavy atom. The molecule has 0 aromatic carbocycles. The zero-order valence-electron chi connectivity index (χ0n) is 13.7. The summed E-state index contributed by atoms with van der Waals surface area (Å²) >= 11 is 0. The van der Waals surface area contributed by atoms with E-state index in [1.54, 1.807) is 0 Å². The van der Waals surface area contributed by atoms with Crippen molar-refractivity contribution in [1.29, 1.82) is 0 Å². The minimum Gasteiger partial charge on any atom is -0.394 e. The molecule has 1 fully saturated rings. The van der Waals surface area contributed by atoms with Gasteiger partial charge in [-0.2, -0.15) is 14.3 Å². The summed E-state index contributed by atoms with van der Waals surface area (Å²) in [4.78, 5) is 38.8. The summed E-state index contributed by atoms with van der Waals surface area (Å²) in [5.74, 6) is -0.550. The SMILES string of the molecule is Nc1ncnc2c1N=C[N+]2(OP(=O)(O)OP(=O)(O)O)[C@@H]1O[C@H](CO)[C@@H](O)[C@H]1O. The average molecular weight is 444 g/mol. The predicted octanol–water partition coefficient (Wildman–Crippen LogP) is -2.38. The molecule has 2 aliphatic heterocycles. The second kappa shape index (κ2) is 7.14. The molecule has 1 saturated heterocycles. The molecule has 0 aliphatic carbocycles. The van der Waals surface area contributed by atoms with Crippen LogP contribution in [0, 0.1) is 0 Å². The number of hydroxylamine groups is 2. The summed E-state index contributed by atoms with van der Waals surface area (Å²) in [7, 11) is -11.0. The number of aliphatic imine (C=N–C) groups is 1. The quantitative estimate of drug-likeness (QED) is 0.179. The minimum absolute atomic E-state index is 0.156. The number of ether oxygens (including phenoxy) is 1. The number of aromatic nitrogens is 2. The molecule has 2 aliphatic rings. The lowest BCUT2D eigenvalue weighted by atomic mass is 10.1. The fourth-order valence-corrected chi connectivity index (χ4v) is 4.52. The molecule has 0 radical (unpaired) electrons. The standard InChI is InChI=1S/C10H15N5O11P2/c11-8-5-9(13-2-12-8)15(3-14-5,25-28(22,23)26-27(19,20)21)10-7(18)6(17)4(1-16)24-10/h2-4,6-7,10,16-18H,1H2,(H4-,11,12,13,19,20,21,22,23)/p+1/t4-,6-,7-,10-,15?/m1/s1. The predicted molar refractivity (Wildman–Crippen MR) is 88.2 cm³/mol. The van der Waals surface area contributed by atoms with Gasteiger partial charge in [-0.25, -0.2) is 14.1 Å². The number of hydrogen-bond donors (Lipinski definition) is 7. The Labute approximate surface area is 155 Å². The number of aliphatic hydroxyl groups excluding tert-OH is 3. The zero-order valence-corrected chi connectivity index (χ0v) is 15.4. The highest BCUT2D eigenvalue weighted by molar-refractivity contribution is 7.60. The Balaban J connectivity index is 2.11. The molecule has 156 valence electrons. The second-order valence-corrected chi connectivity index (χ2v) is 8.47. The van der Waals surface area contributed by atoms with Crippen LogP contribution in [0.25, 0.3) is 0 Å². The van der Waals surface area contributed by atoms with Gasteiger partial charge in [0, 0.05) is 0 Å². The summed E-state index contributed by atoms with van der Waals surface area (Å²) in [5, 5.41) is 29.6. The van der Waals surface area contributed by atoms with E-state index >= 15 is 0 Å². The topological polar surface area (TPSA) is 247 Å². The third kappa shape index (κ3) is 3.73. The van der Waals surface area contributed by atoms with Crippen LogP contribution in [-0.4, -0.2) is 77.5 Å². The molecule has 6 atom stereocenters. The van der Waals surface area contributed by atoms with E-state index in [-0.39, 0.29) is 17.3 Å². The van der Waals surface area contributed by atoms with Crippen LogP contribution >= 0.6 is 15.6 Å². The van der Waals surface area contributed by atoms with Crippen LogP contribution in [0.15, 0.2) is 11.3 Å². The van der Waals surface area contributed by atoms with Crippen LogP contribution in [-0.2, 0) is 22.8 Å². The van der Waals surface area contributed by atoms with Crippen LogP contribution in [0.4, 0.5) is 17.3 Å². The van der Waals surface area contributed by atoms with Gasteiger partial charge in [0.1, 0.15) is 18.5 Å². The van der Waals surface area contributed by atoms with Gasteiger partial charge < -0.3 is 35.6 Å². The number of nitrogen functional groups attached to an aromatic ring is 1. The molecule has 16 nitrogen and oxygen atoms in total. The summed E-state index contributed by atoms with van der Waals surface area (Å²) in [5.41, 5.74) is 5.51. The number of nitrogens with zero attached hydrogens (tertiary/aromatic N) is 4. The summed E-state index contributed by atoms with van der Waals surface area (Å²) in [6.45, 7) is -0.736. The number of phosphoric acid groups is 2. The fourth-order valence-electron chi connectivity index (χ4n) is 2.77. The Hall–Kier alpha value is -1.39. The Morgan fingerprint density at radius 1 is 1.21 bits per heavy atom. The van der Waals surface area contributed by atoms with Crippen molar-refractivity contribution in [1.82, 2.24) is 14.6 Å². The largest absolute Gasteiger partial charge is 0.528 e. The fraction of sp³-hybridized carbons (Fsp3) is 0.500. The molecule has 0 saturated carbocycles. The molecule has 18 heteroatoms. The van der Waals surface area contributed by atoms with Crippen LogP contribution < -0.4 is 10.4 Å². The van der Waals surface area contributed by atoms with Crippen molar-refractivity contribution in [3.05, 3.63) is 6.33 Å². The lowest BCUT2D eigenvalue weighted by Crippen LogP contribution is -2.59. The Kier molecular flexibility index (Phi) is 5.44. The lowest BCUT2D eigenvalue weighted by Gasteiger charge is -2.32. The normalized spacial score (nSPS) is 34.4. The molecule has 3 heterocycles. The molecular weight excluding hydrogens is 428 g/mol. The highest BCUT2D eigenvalue weighted by atomic mass is 31.3. The molecule has 1 aromatic heterocycles. The maximum absolute atomic E-state index is 12.2. The molecule has 0 bridgehead atoms. The van der Waals surface area contributed by atoms with E-state index in [2.05, 4.69) is 19.3 Å². The molecule has 0 spiro atoms. The summed E-state index contributed by atoms with van der Waals surface area (Å²) in [6, 6.07) is 0. The van der Waals surface area contributed by atoms with Gasteiger partial charge in [0.05, 0.1) is 6.61 Å². The third-order valence-electron chi connectivity index (χ3n) is 3.86. The van der Waals surface area contributed by atoms with Crippen molar-refractivity contribution in [2.45, 2.75) is 24.5 Å². The van der Waals surface area contributed by atoms with Crippen LogP contribution in [0.1, 0.15) is 0 Å². The van der Waals surface area contributed by atoms with Crippen molar-refractivity contribution in [3.8, 4) is 0 Å². The molecule has 0 amide bonds. The first-order valence-corrected chi connectivity index (χ1v) is 10.4. The smallest absolute Gasteiger partial charge is 0.394 e. The monoisotopic (exact) mass is 444 g/mol. The lowest BCUT2D eigenvalue weighted by molar-refractivity contribution is -0.164. The van der Waals surface area contributed by atoms with Gasteiger partial charge in [-0.1, -0.05) is 4.62 Å². The molecule has 28 heavy (non-hydrogen) atoms. The van der Waals surface area contributed by atoms with Crippen LogP contribution in [0.3, 0.4) is 0 Å². The maximum atomic E-state index is 12.2. The third-order valence-corrected chi connectivity index (χ3v) is 6.02. The molecule has 1 aromatic rings. The summed E-state index contributed by atoms with van der Waals surface area (Å²) < 4.78 is 35.7. The Bertz CT molecular complexity index is 895. The highest BCUT2D eigenvalue weighted by Crippen LogP contribution is 2.61. The van der Waals surface area contributed by atoms with Crippen LogP contribution in [0.5, 0.6) is 0 Å². The molecule has 8 N–H and O–H groups in total. The van der Waals surface area contributed by atoms with E-state index in [9.17, 15) is 29.3 Å². The summed E-state index contributed by atoms with van der Waals surface area (Å²) in [6.07, 6.45) is -4.84. The van der Waals surface area contributed by atoms with Crippen molar-refractivity contribution in [2.75, 3.05) is 12.3 Å². The van der Waals surface area contributed by atoms with Gasteiger partial charge in [-0.3, -0.25) is 4.89 Å². The van der Waals surface area contributed by atoms with Crippen LogP contribution in [0.2, 0.25) is 0 Å². The first kappa shape index (κ1) is 21.3. The number of hydrogen-bond acceptors (Lipinski definition) is 12. The molecule has 2 unspecified atom stereocenters. The minimum atomic E-state index is -5.54. The number of aliphatic hydroxyl groups is 3.